The number of amides is 1. The molecule has 1 N–H and O–H groups in total. The number of nitrogens with one attached hydrogen (secondary N) is 1. The van der Waals surface area contributed by atoms with Crippen LogP contribution < -0.4 is 5.32 Å². The van der Waals surface area contributed by atoms with Crippen molar-refractivity contribution in [3.63, 3.8) is 0 Å². The highest BCUT2D eigenvalue weighted by atomic mass is 16.6. The Morgan fingerprint density at radius 2 is 1.96 bits per heavy atom. The molecule has 3 heterocycles. The van der Waals surface area contributed by atoms with Gasteiger partial charge in [-0.3, -0.25) is 9.56 Å². The van der Waals surface area contributed by atoms with E-state index in [9.17, 15) is 4.79 Å². The van der Waals surface area contributed by atoms with E-state index in [1.165, 1.54) is 0 Å². The van der Waals surface area contributed by atoms with Crippen molar-refractivity contribution in [1.82, 2.24) is 29.7 Å². The number of pyridine rings is 1. The van der Waals surface area contributed by atoms with Crippen LogP contribution >= 0.6 is 0 Å². The van der Waals surface area contributed by atoms with Crippen molar-refractivity contribution in [2.45, 2.75) is 20.4 Å². The monoisotopic (exact) mass is 385 g/mol. The van der Waals surface area contributed by atoms with Gasteiger partial charge in [-0.1, -0.05) is 6.07 Å². The SMILES string of the molecule is CCOC(=O)N1CCN(C(=NC)NCc2ccc(-n3ccnc3C)nc2)CC1. The molecule has 0 aliphatic carbocycles. The summed E-state index contributed by atoms with van der Waals surface area (Å²) in [6, 6.07) is 4.02. The molecule has 9 nitrogen and oxygen atoms in total. The summed E-state index contributed by atoms with van der Waals surface area (Å²) in [5.74, 6) is 2.57. The summed E-state index contributed by atoms with van der Waals surface area (Å²) < 4.78 is 7.01. The molecule has 0 bridgehead atoms. The first-order valence-corrected chi connectivity index (χ1v) is 9.45. The lowest BCUT2D eigenvalue weighted by Crippen LogP contribution is -2.53. The molecule has 2 aromatic rings. The molecule has 3 rings (SSSR count). The quantitative estimate of drug-likeness (QED) is 0.633. The van der Waals surface area contributed by atoms with E-state index in [1.54, 1.807) is 18.1 Å². The first-order chi connectivity index (χ1) is 13.6. The summed E-state index contributed by atoms with van der Waals surface area (Å²) in [6.07, 6.45) is 5.27. The molecule has 9 heteroatoms. The van der Waals surface area contributed by atoms with Crippen molar-refractivity contribution >= 4 is 12.1 Å². The molecule has 0 unspecified atom stereocenters. The minimum Gasteiger partial charge on any atom is -0.450 e. The number of nitrogens with zero attached hydrogens (tertiary/aromatic N) is 6. The van der Waals surface area contributed by atoms with Crippen molar-refractivity contribution in [3.05, 3.63) is 42.1 Å². The van der Waals surface area contributed by atoms with Gasteiger partial charge in [0.2, 0.25) is 0 Å². The first-order valence-electron chi connectivity index (χ1n) is 9.45. The van der Waals surface area contributed by atoms with E-state index in [0.29, 0.717) is 26.2 Å². The Hall–Kier alpha value is -3.10. The van der Waals surface area contributed by atoms with Crippen LogP contribution in [0.15, 0.2) is 35.7 Å². The highest BCUT2D eigenvalue weighted by Gasteiger charge is 2.23. The summed E-state index contributed by atoms with van der Waals surface area (Å²) in [5, 5.41) is 3.37. The number of carbonyl (C=O) groups is 1. The summed E-state index contributed by atoms with van der Waals surface area (Å²) in [7, 11) is 1.77. The van der Waals surface area contributed by atoms with E-state index < -0.39 is 0 Å². The van der Waals surface area contributed by atoms with Crippen LogP contribution in [0.1, 0.15) is 18.3 Å². The third-order valence-corrected chi connectivity index (χ3v) is 4.65. The van der Waals surface area contributed by atoms with Gasteiger partial charge in [-0.15, -0.1) is 0 Å². The zero-order valence-corrected chi connectivity index (χ0v) is 16.6. The number of hydrogen-bond acceptors (Lipinski definition) is 5. The van der Waals surface area contributed by atoms with Crippen LogP contribution in [0.2, 0.25) is 0 Å². The lowest BCUT2D eigenvalue weighted by molar-refractivity contribution is 0.0914. The molecular formula is C19H27N7O2. The number of hydrogen-bond donors (Lipinski definition) is 1. The van der Waals surface area contributed by atoms with Crippen molar-refractivity contribution < 1.29 is 9.53 Å². The second-order valence-corrected chi connectivity index (χ2v) is 6.44. The van der Waals surface area contributed by atoms with Crippen LogP contribution in [0.3, 0.4) is 0 Å². The normalized spacial score (nSPS) is 14.9. The second-order valence-electron chi connectivity index (χ2n) is 6.44. The smallest absolute Gasteiger partial charge is 0.409 e. The summed E-state index contributed by atoms with van der Waals surface area (Å²) >= 11 is 0. The van der Waals surface area contributed by atoms with Crippen LogP contribution in [0.25, 0.3) is 5.82 Å². The number of aromatic nitrogens is 3. The topological polar surface area (TPSA) is 87.9 Å². The maximum Gasteiger partial charge on any atom is 0.409 e. The van der Waals surface area contributed by atoms with E-state index in [-0.39, 0.29) is 6.09 Å². The van der Waals surface area contributed by atoms with Crippen molar-refractivity contribution in [2.75, 3.05) is 39.8 Å². The number of rotatable bonds is 4. The van der Waals surface area contributed by atoms with Crippen LogP contribution in [0, 0.1) is 6.92 Å². The molecule has 0 atom stereocenters. The Bertz CT molecular complexity index is 808. The Kier molecular flexibility index (Phi) is 6.46. The molecule has 1 aliphatic rings. The molecule has 1 amide bonds. The molecule has 0 aromatic carbocycles. The molecule has 28 heavy (non-hydrogen) atoms. The molecule has 0 radical (unpaired) electrons. The van der Waals surface area contributed by atoms with Crippen LogP contribution in [-0.4, -0.2) is 76.2 Å². The van der Waals surface area contributed by atoms with Gasteiger partial charge in [-0.05, 0) is 25.5 Å². The molecular weight excluding hydrogens is 358 g/mol. The van der Waals surface area contributed by atoms with Gasteiger partial charge in [0.15, 0.2) is 5.96 Å². The molecule has 2 aromatic heterocycles. The van der Waals surface area contributed by atoms with Gasteiger partial charge < -0.3 is 19.9 Å². The minimum absolute atomic E-state index is 0.246. The predicted octanol–water partition coefficient (Wildman–Crippen LogP) is 1.43. The average Bonchev–Trinajstić information content (AvgIpc) is 3.15. The standard InChI is InChI=1S/C19H27N7O2/c1-4-28-19(27)25-11-9-24(10-12-25)18(20-3)23-14-16-5-6-17(22-13-16)26-8-7-21-15(26)2/h5-8,13H,4,9-12,14H2,1-3H3,(H,20,23). The van der Waals surface area contributed by atoms with Gasteiger partial charge in [0.1, 0.15) is 11.6 Å². The van der Waals surface area contributed by atoms with Gasteiger partial charge in [-0.25, -0.2) is 14.8 Å². The maximum atomic E-state index is 11.8. The highest BCUT2D eigenvalue weighted by molar-refractivity contribution is 5.80. The second kappa shape index (κ2) is 9.20. The number of imidazole rings is 1. The minimum atomic E-state index is -0.246. The Morgan fingerprint density at radius 1 is 1.21 bits per heavy atom. The Balaban J connectivity index is 1.52. The van der Waals surface area contributed by atoms with Gasteiger partial charge in [0.05, 0.1) is 6.61 Å². The Morgan fingerprint density at radius 3 is 2.54 bits per heavy atom. The van der Waals surface area contributed by atoms with Crippen molar-refractivity contribution in [2.24, 2.45) is 4.99 Å². The largest absolute Gasteiger partial charge is 0.450 e. The fourth-order valence-corrected chi connectivity index (χ4v) is 3.11. The number of ether oxygens (including phenoxy) is 1. The highest BCUT2D eigenvalue weighted by Crippen LogP contribution is 2.09. The third kappa shape index (κ3) is 4.59. The lowest BCUT2D eigenvalue weighted by atomic mass is 10.2. The van der Waals surface area contributed by atoms with Gasteiger partial charge in [-0.2, -0.15) is 0 Å². The van der Waals surface area contributed by atoms with E-state index in [1.807, 2.05) is 42.9 Å². The first kappa shape index (κ1) is 19.7. The fourth-order valence-electron chi connectivity index (χ4n) is 3.11. The van der Waals surface area contributed by atoms with Gasteiger partial charge in [0, 0.05) is 58.4 Å². The summed E-state index contributed by atoms with van der Waals surface area (Å²) in [6.45, 7) is 7.47. The summed E-state index contributed by atoms with van der Waals surface area (Å²) in [5.41, 5.74) is 1.06. The predicted molar refractivity (Wildman–Crippen MR) is 106 cm³/mol. The number of carbonyl (C=O) groups excluding carboxylic acids is 1. The lowest BCUT2D eigenvalue weighted by Gasteiger charge is -2.35. The molecule has 1 saturated heterocycles. The number of guanidine groups is 1. The zero-order valence-electron chi connectivity index (χ0n) is 16.6. The third-order valence-electron chi connectivity index (χ3n) is 4.65. The summed E-state index contributed by atoms with van der Waals surface area (Å²) in [4.78, 5) is 28.8. The van der Waals surface area contributed by atoms with E-state index in [0.717, 1.165) is 36.3 Å². The maximum absolute atomic E-state index is 11.8. The van der Waals surface area contributed by atoms with Gasteiger partial charge >= 0.3 is 6.09 Å². The van der Waals surface area contributed by atoms with Crippen molar-refractivity contribution in [1.29, 1.82) is 0 Å². The van der Waals surface area contributed by atoms with Crippen molar-refractivity contribution in [3.8, 4) is 5.82 Å². The molecule has 150 valence electrons. The van der Waals surface area contributed by atoms with E-state index >= 15 is 0 Å². The number of aryl methyl sites for hydroxylation is 1. The average molecular weight is 385 g/mol. The number of piperazine rings is 1. The van der Waals surface area contributed by atoms with E-state index in [4.69, 9.17) is 4.74 Å². The Labute approximate surface area is 165 Å². The number of aliphatic imine (C=N–C) groups is 1. The van der Waals surface area contributed by atoms with E-state index in [2.05, 4.69) is 25.2 Å². The van der Waals surface area contributed by atoms with Gasteiger partial charge in [0.25, 0.3) is 0 Å². The zero-order chi connectivity index (χ0) is 19.9. The molecule has 0 saturated carbocycles. The van der Waals surface area contributed by atoms with Crippen LogP contribution in [0.5, 0.6) is 0 Å². The fraction of sp³-hybridized carbons (Fsp3) is 0.474. The van der Waals surface area contributed by atoms with Crippen LogP contribution in [-0.2, 0) is 11.3 Å². The molecule has 1 fully saturated rings. The molecule has 0 spiro atoms. The van der Waals surface area contributed by atoms with Crippen LogP contribution in [0.4, 0.5) is 4.79 Å². The molecule has 1 aliphatic heterocycles.